The number of nitrogens with zero attached hydrogens (tertiary/aromatic N) is 2. The maximum Gasteiger partial charge on any atom is 0.501 e. The number of rotatable bonds is 5. The van der Waals surface area contributed by atoms with Crippen LogP contribution in [0.2, 0.25) is 0 Å². The molecule has 12 heteroatoms. The molecule has 2 aromatic rings. The number of hydrogen-bond donors (Lipinski definition) is 1. The first-order valence-corrected chi connectivity index (χ1v) is 11.9. The lowest BCUT2D eigenvalue weighted by Crippen LogP contribution is -2.44. The molecule has 0 saturated carbocycles. The second-order valence-electron chi connectivity index (χ2n) is 6.83. The molecule has 1 aliphatic heterocycles. The maximum absolute atomic E-state index is 12.7. The Bertz CT molecular complexity index is 1110. The molecule has 2 aromatic carbocycles. The van der Waals surface area contributed by atoms with E-state index in [-0.39, 0.29) is 4.90 Å². The van der Waals surface area contributed by atoms with Gasteiger partial charge in [0.15, 0.2) is 0 Å². The molecule has 0 spiro atoms. The Labute approximate surface area is 173 Å². The number of sulfone groups is 1. The zero-order valence-electron chi connectivity index (χ0n) is 15.9. The van der Waals surface area contributed by atoms with Crippen LogP contribution in [0.3, 0.4) is 0 Å². The number of sulfonamides is 1. The number of anilines is 2. The first kappa shape index (κ1) is 22.4. The number of halogens is 3. The number of likely N-dealkylation sites (N-methyl/N-ethyl adjacent to an activating group) is 1. The monoisotopic (exact) mass is 463 g/mol. The predicted octanol–water partition coefficient (Wildman–Crippen LogP) is 2.53. The van der Waals surface area contributed by atoms with E-state index in [1.54, 1.807) is 24.3 Å². The summed E-state index contributed by atoms with van der Waals surface area (Å²) in [4.78, 5) is 2.82. The van der Waals surface area contributed by atoms with Crippen LogP contribution >= 0.6 is 0 Å². The molecule has 7 nitrogen and oxygen atoms in total. The van der Waals surface area contributed by atoms with Gasteiger partial charge in [-0.3, -0.25) is 4.72 Å². The van der Waals surface area contributed by atoms with Gasteiger partial charge in [0.25, 0.3) is 19.9 Å². The molecule has 0 atom stereocenters. The highest BCUT2D eigenvalue weighted by Crippen LogP contribution is 2.32. The zero-order chi connectivity index (χ0) is 22.2. The summed E-state index contributed by atoms with van der Waals surface area (Å²) in [5.74, 6) is 0. The lowest BCUT2D eigenvalue weighted by Gasteiger charge is -2.35. The van der Waals surface area contributed by atoms with Crippen LogP contribution in [-0.2, 0) is 19.9 Å². The van der Waals surface area contributed by atoms with Gasteiger partial charge in [0.05, 0.1) is 21.2 Å². The summed E-state index contributed by atoms with van der Waals surface area (Å²) >= 11 is 0. The van der Waals surface area contributed by atoms with Crippen molar-refractivity contribution in [3.63, 3.8) is 0 Å². The third-order valence-electron chi connectivity index (χ3n) is 4.74. The fraction of sp³-hybridized carbons (Fsp3) is 0.333. The molecule has 0 bridgehead atoms. The Morgan fingerprint density at radius 3 is 1.93 bits per heavy atom. The van der Waals surface area contributed by atoms with Gasteiger partial charge in [-0.25, -0.2) is 16.8 Å². The minimum Gasteiger partial charge on any atom is -0.367 e. The average Bonchev–Trinajstić information content (AvgIpc) is 2.68. The van der Waals surface area contributed by atoms with Crippen LogP contribution in [0.1, 0.15) is 0 Å². The van der Waals surface area contributed by atoms with E-state index in [2.05, 4.69) is 9.62 Å². The molecule has 1 fully saturated rings. The minimum atomic E-state index is -5.55. The van der Waals surface area contributed by atoms with Crippen molar-refractivity contribution in [3.05, 3.63) is 48.5 Å². The van der Waals surface area contributed by atoms with Crippen LogP contribution in [0.25, 0.3) is 0 Å². The van der Waals surface area contributed by atoms with Crippen LogP contribution in [0, 0.1) is 0 Å². The van der Waals surface area contributed by atoms with Gasteiger partial charge in [0.2, 0.25) is 0 Å². The number of piperazine rings is 1. The molecule has 0 aliphatic carbocycles. The molecular weight excluding hydrogens is 443 g/mol. The quantitative estimate of drug-likeness (QED) is 0.734. The van der Waals surface area contributed by atoms with E-state index in [0.717, 1.165) is 25.2 Å². The lowest BCUT2D eigenvalue weighted by atomic mass is 10.2. The van der Waals surface area contributed by atoms with E-state index >= 15 is 0 Å². The molecule has 1 saturated heterocycles. The molecule has 1 aliphatic rings. The van der Waals surface area contributed by atoms with E-state index in [4.69, 9.17) is 0 Å². The van der Waals surface area contributed by atoms with Crippen molar-refractivity contribution < 1.29 is 30.0 Å². The van der Waals surface area contributed by atoms with Crippen LogP contribution in [0.4, 0.5) is 24.5 Å². The van der Waals surface area contributed by atoms with Crippen molar-refractivity contribution >= 4 is 31.2 Å². The van der Waals surface area contributed by atoms with E-state index in [1.807, 2.05) is 11.9 Å². The first-order chi connectivity index (χ1) is 13.9. The van der Waals surface area contributed by atoms with Crippen LogP contribution < -0.4 is 9.62 Å². The van der Waals surface area contributed by atoms with E-state index in [9.17, 15) is 30.0 Å². The number of benzene rings is 2. The van der Waals surface area contributed by atoms with Gasteiger partial charge in [0, 0.05) is 26.2 Å². The molecule has 30 heavy (non-hydrogen) atoms. The van der Waals surface area contributed by atoms with E-state index in [1.165, 1.54) is 0 Å². The number of nitrogens with one attached hydrogen (secondary N) is 1. The van der Waals surface area contributed by atoms with Gasteiger partial charge in [0.1, 0.15) is 0 Å². The second kappa shape index (κ2) is 8.08. The molecule has 0 radical (unpaired) electrons. The van der Waals surface area contributed by atoms with Crippen molar-refractivity contribution in [2.75, 3.05) is 42.8 Å². The van der Waals surface area contributed by atoms with Crippen molar-refractivity contribution in [3.8, 4) is 0 Å². The summed E-state index contributed by atoms with van der Waals surface area (Å²) in [6.45, 7) is 3.05. The van der Waals surface area contributed by atoms with Crippen molar-refractivity contribution in [2.45, 2.75) is 15.3 Å². The zero-order valence-corrected chi connectivity index (χ0v) is 17.6. The van der Waals surface area contributed by atoms with E-state index < -0.39 is 30.3 Å². The summed E-state index contributed by atoms with van der Waals surface area (Å²) in [5.41, 5.74) is -4.45. The highest BCUT2D eigenvalue weighted by Gasteiger charge is 2.46. The Morgan fingerprint density at radius 1 is 0.833 bits per heavy atom. The topological polar surface area (TPSA) is 86.8 Å². The van der Waals surface area contributed by atoms with Gasteiger partial charge in [-0.1, -0.05) is 12.1 Å². The number of para-hydroxylation sites is 2. The SMILES string of the molecule is CN1CCN(c2ccccc2NS(=O)(=O)c2ccc(S(=O)(=O)C(F)(F)F)cc2)CC1. The molecule has 1 heterocycles. The standard InChI is InChI=1S/C18H20F3N3O4S2/c1-23-10-12-24(13-11-23)17-5-3-2-4-16(17)22-30(27,28)15-8-6-14(7-9-15)29(25,26)18(19,20)21/h2-9,22H,10-13H2,1H3. The van der Waals surface area contributed by atoms with Gasteiger partial charge >= 0.3 is 5.51 Å². The van der Waals surface area contributed by atoms with Crippen molar-refractivity contribution in [1.29, 1.82) is 0 Å². The summed E-state index contributed by atoms with van der Waals surface area (Å²) in [6, 6.07) is 9.74. The smallest absolute Gasteiger partial charge is 0.367 e. The van der Waals surface area contributed by atoms with Gasteiger partial charge < -0.3 is 9.80 Å². The van der Waals surface area contributed by atoms with Gasteiger partial charge in [-0.15, -0.1) is 0 Å². The average molecular weight is 464 g/mol. The molecule has 164 valence electrons. The lowest BCUT2D eigenvalue weighted by molar-refractivity contribution is -0.0436. The first-order valence-electron chi connectivity index (χ1n) is 8.88. The van der Waals surface area contributed by atoms with E-state index in [0.29, 0.717) is 36.6 Å². The summed E-state index contributed by atoms with van der Waals surface area (Å²) < 4.78 is 88.8. The molecular formula is C18H20F3N3O4S2. The number of hydrogen-bond acceptors (Lipinski definition) is 6. The normalized spacial score (nSPS) is 16.5. The van der Waals surface area contributed by atoms with Gasteiger partial charge in [-0.05, 0) is 43.4 Å². The Morgan fingerprint density at radius 2 is 1.37 bits per heavy atom. The molecule has 3 rings (SSSR count). The number of alkyl halides is 3. The Kier molecular flexibility index (Phi) is 6.03. The van der Waals surface area contributed by atoms with Crippen molar-refractivity contribution in [2.24, 2.45) is 0 Å². The molecule has 1 N–H and O–H groups in total. The Balaban J connectivity index is 1.86. The minimum absolute atomic E-state index is 0.328. The summed E-state index contributed by atoms with van der Waals surface area (Å²) in [6.07, 6.45) is 0. The van der Waals surface area contributed by atoms with Crippen LogP contribution in [0.5, 0.6) is 0 Å². The summed E-state index contributed by atoms with van der Waals surface area (Å²) in [7, 11) is -7.70. The molecule has 0 aromatic heterocycles. The highest BCUT2D eigenvalue weighted by atomic mass is 32.2. The fourth-order valence-electron chi connectivity index (χ4n) is 3.02. The van der Waals surface area contributed by atoms with Crippen molar-refractivity contribution in [1.82, 2.24) is 4.90 Å². The van der Waals surface area contributed by atoms with Crippen LogP contribution in [-0.4, -0.2) is 60.5 Å². The fourth-order valence-corrected chi connectivity index (χ4v) is 4.85. The largest absolute Gasteiger partial charge is 0.501 e. The van der Waals surface area contributed by atoms with Gasteiger partial charge in [-0.2, -0.15) is 13.2 Å². The molecule has 0 unspecified atom stereocenters. The second-order valence-corrected chi connectivity index (χ2v) is 10.5. The highest BCUT2D eigenvalue weighted by molar-refractivity contribution is 7.93. The molecule has 0 amide bonds. The summed E-state index contributed by atoms with van der Waals surface area (Å²) in [5, 5.41) is 0. The Hall–Kier alpha value is -2.31. The van der Waals surface area contributed by atoms with Crippen LogP contribution in [0.15, 0.2) is 58.3 Å². The third kappa shape index (κ3) is 4.55. The predicted molar refractivity (Wildman–Crippen MR) is 107 cm³/mol. The third-order valence-corrected chi connectivity index (χ3v) is 7.62. The maximum atomic E-state index is 12.7.